The molecule has 0 saturated heterocycles. The number of hydrogen-bond acceptors (Lipinski definition) is 5. The van der Waals surface area contributed by atoms with Crippen molar-refractivity contribution in [1.82, 2.24) is 14.9 Å². The lowest BCUT2D eigenvalue weighted by Gasteiger charge is -2.15. The minimum absolute atomic E-state index is 0.0313. The topological polar surface area (TPSA) is 101 Å². The van der Waals surface area contributed by atoms with Crippen LogP contribution in [-0.4, -0.2) is 40.3 Å². The number of nitrogens with two attached hydrogens (primary N) is 1. The van der Waals surface area contributed by atoms with Gasteiger partial charge >= 0.3 is 0 Å². The Morgan fingerprint density at radius 3 is 2.57 bits per heavy atom. The molecule has 0 saturated carbocycles. The second-order valence-electron chi connectivity index (χ2n) is 6.21. The molecule has 0 unspecified atom stereocenters. The van der Waals surface area contributed by atoms with Crippen LogP contribution in [0, 0.1) is 0 Å². The van der Waals surface area contributed by atoms with Crippen LogP contribution in [0.3, 0.4) is 0 Å². The van der Waals surface area contributed by atoms with Crippen molar-refractivity contribution in [3.05, 3.63) is 72.1 Å². The number of benzene rings is 2. The molecule has 28 heavy (non-hydrogen) atoms. The molecule has 0 aliphatic carbocycles. The van der Waals surface area contributed by atoms with Gasteiger partial charge < -0.3 is 16.0 Å². The molecule has 2 aromatic carbocycles. The first-order valence-corrected chi connectivity index (χ1v) is 8.84. The average Bonchev–Trinajstić information content (AvgIpc) is 2.73. The largest absolute Gasteiger partial charge is 0.382 e. The van der Waals surface area contributed by atoms with E-state index in [-0.39, 0.29) is 17.4 Å². The van der Waals surface area contributed by atoms with E-state index >= 15 is 0 Å². The third-order valence-electron chi connectivity index (χ3n) is 4.27. The number of aromatic nitrogens is 2. The molecule has 0 spiro atoms. The standard InChI is InChI=1S/C21H21N5O2/c1-3-26(2)21(28)15-9-7-8-14(12-15)17-13-23-19(22)18(25-17)20(27)24-16-10-5-4-6-11-16/h4-13H,3H2,1-2H3,(H2,22,23)(H,24,27). The summed E-state index contributed by atoms with van der Waals surface area (Å²) in [6, 6.07) is 16.1. The molecule has 1 aromatic heterocycles. The maximum atomic E-state index is 12.6. The van der Waals surface area contributed by atoms with Crippen LogP contribution in [0.4, 0.5) is 11.5 Å². The number of nitrogens with one attached hydrogen (secondary N) is 1. The van der Waals surface area contributed by atoms with Crippen LogP contribution >= 0.6 is 0 Å². The minimum Gasteiger partial charge on any atom is -0.382 e. The molecule has 0 aliphatic rings. The van der Waals surface area contributed by atoms with E-state index in [1.165, 1.54) is 6.20 Å². The van der Waals surface area contributed by atoms with Crippen molar-refractivity contribution in [1.29, 1.82) is 0 Å². The van der Waals surface area contributed by atoms with E-state index in [0.29, 0.717) is 29.1 Å². The molecule has 1 heterocycles. The normalized spacial score (nSPS) is 10.4. The molecular formula is C21H21N5O2. The number of hydrogen-bond donors (Lipinski definition) is 2. The molecule has 0 fully saturated rings. The zero-order valence-electron chi connectivity index (χ0n) is 15.7. The van der Waals surface area contributed by atoms with Crippen molar-refractivity contribution in [2.24, 2.45) is 0 Å². The van der Waals surface area contributed by atoms with Crippen LogP contribution < -0.4 is 11.1 Å². The Morgan fingerprint density at radius 2 is 1.86 bits per heavy atom. The van der Waals surface area contributed by atoms with Crippen LogP contribution in [0.2, 0.25) is 0 Å². The van der Waals surface area contributed by atoms with Crippen molar-refractivity contribution in [2.45, 2.75) is 6.92 Å². The van der Waals surface area contributed by atoms with Gasteiger partial charge in [0.2, 0.25) is 0 Å². The number of carbonyl (C=O) groups is 2. The van der Waals surface area contributed by atoms with Gasteiger partial charge in [-0.2, -0.15) is 0 Å². The van der Waals surface area contributed by atoms with E-state index in [1.807, 2.05) is 31.2 Å². The highest BCUT2D eigenvalue weighted by atomic mass is 16.2. The van der Waals surface area contributed by atoms with E-state index in [9.17, 15) is 9.59 Å². The molecule has 0 radical (unpaired) electrons. The zero-order chi connectivity index (χ0) is 20.1. The first kappa shape index (κ1) is 19.0. The fourth-order valence-corrected chi connectivity index (χ4v) is 2.59. The molecule has 3 rings (SSSR count). The first-order chi connectivity index (χ1) is 13.5. The quantitative estimate of drug-likeness (QED) is 0.714. The van der Waals surface area contributed by atoms with Crippen molar-refractivity contribution in [3.63, 3.8) is 0 Å². The zero-order valence-corrected chi connectivity index (χ0v) is 15.7. The Hall–Kier alpha value is -3.74. The van der Waals surface area contributed by atoms with Gasteiger partial charge in [0.05, 0.1) is 11.9 Å². The monoisotopic (exact) mass is 375 g/mol. The number of carbonyl (C=O) groups excluding carboxylic acids is 2. The van der Waals surface area contributed by atoms with E-state index in [1.54, 1.807) is 42.3 Å². The summed E-state index contributed by atoms with van der Waals surface area (Å²) in [6.45, 7) is 2.51. The average molecular weight is 375 g/mol. The Morgan fingerprint density at radius 1 is 1.11 bits per heavy atom. The van der Waals surface area contributed by atoms with Gasteiger partial charge in [-0.3, -0.25) is 9.59 Å². The lowest BCUT2D eigenvalue weighted by atomic mass is 10.1. The Labute approximate surface area is 163 Å². The highest BCUT2D eigenvalue weighted by Crippen LogP contribution is 2.21. The summed E-state index contributed by atoms with van der Waals surface area (Å²) in [6.07, 6.45) is 1.49. The van der Waals surface area contributed by atoms with Crippen LogP contribution in [0.25, 0.3) is 11.3 Å². The van der Waals surface area contributed by atoms with E-state index in [2.05, 4.69) is 15.3 Å². The summed E-state index contributed by atoms with van der Waals surface area (Å²) < 4.78 is 0. The van der Waals surface area contributed by atoms with Crippen molar-refractivity contribution in [3.8, 4) is 11.3 Å². The number of rotatable bonds is 5. The summed E-state index contributed by atoms with van der Waals surface area (Å²) in [7, 11) is 1.74. The third-order valence-corrected chi connectivity index (χ3v) is 4.27. The van der Waals surface area contributed by atoms with Gasteiger partial charge in [0.15, 0.2) is 11.5 Å². The minimum atomic E-state index is -0.448. The third kappa shape index (κ3) is 4.15. The molecule has 0 atom stereocenters. The smallest absolute Gasteiger partial charge is 0.278 e. The predicted molar refractivity (Wildman–Crippen MR) is 109 cm³/mol. The highest BCUT2D eigenvalue weighted by molar-refractivity contribution is 6.06. The molecule has 0 bridgehead atoms. The number of nitrogens with zero attached hydrogens (tertiary/aromatic N) is 3. The van der Waals surface area contributed by atoms with Gasteiger partial charge in [0.1, 0.15) is 0 Å². The highest BCUT2D eigenvalue weighted by Gasteiger charge is 2.16. The van der Waals surface area contributed by atoms with E-state index in [0.717, 1.165) is 0 Å². The van der Waals surface area contributed by atoms with Crippen LogP contribution in [0.5, 0.6) is 0 Å². The maximum Gasteiger partial charge on any atom is 0.278 e. The van der Waals surface area contributed by atoms with E-state index < -0.39 is 5.91 Å². The Bertz CT molecular complexity index is 1000. The van der Waals surface area contributed by atoms with Crippen molar-refractivity contribution < 1.29 is 9.59 Å². The fraction of sp³-hybridized carbons (Fsp3) is 0.143. The van der Waals surface area contributed by atoms with Crippen LogP contribution in [0.15, 0.2) is 60.8 Å². The van der Waals surface area contributed by atoms with Crippen LogP contribution in [-0.2, 0) is 0 Å². The molecule has 3 N–H and O–H groups in total. The molecule has 142 valence electrons. The van der Waals surface area contributed by atoms with Gasteiger partial charge in [-0.15, -0.1) is 0 Å². The first-order valence-electron chi connectivity index (χ1n) is 8.84. The van der Waals surface area contributed by atoms with Gasteiger partial charge in [0.25, 0.3) is 11.8 Å². The fourth-order valence-electron chi connectivity index (χ4n) is 2.59. The number of nitrogen functional groups attached to an aromatic ring is 1. The summed E-state index contributed by atoms with van der Waals surface area (Å²) in [5, 5.41) is 2.75. The summed E-state index contributed by atoms with van der Waals surface area (Å²) in [5.41, 5.74) is 8.20. The summed E-state index contributed by atoms with van der Waals surface area (Å²) in [5.74, 6) is -0.499. The number of para-hydroxylation sites is 1. The Balaban J connectivity index is 1.91. The second-order valence-corrected chi connectivity index (χ2v) is 6.21. The molecule has 7 nitrogen and oxygen atoms in total. The SMILES string of the molecule is CCN(C)C(=O)c1cccc(-c2cnc(N)c(C(=O)Nc3ccccc3)n2)c1. The van der Waals surface area contributed by atoms with E-state index in [4.69, 9.17) is 5.73 Å². The van der Waals surface area contributed by atoms with Gasteiger partial charge in [-0.1, -0.05) is 30.3 Å². The molecule has 3 aromatic rings. The van der Waals surface area contributed by atoms with Crippen LogP contribution in [0.1, 0.15) is 27.8 Å². The maximum absolute atomic E-state index is 12.6. The predicted octanol–water partition coefficient (Wildman–Crippen LogP) is 3.07. The number of anilines is 2. The summed E-state index contributed by atoms with van der Waals surface area (Å²) >= 11 is 0. The second kappa shape index (κ2) is 8.30. The molecule has 2 amide bonds. The number of amides is 2. The molecule has 0 aliphatic heterocycles. The van der Waals surface area contributed by atoms with Crippen molar-refractivity contribution >= 4 is 23.3 Å². The van der Waals surface area contributed by atoms with Crippen molar-refractivity contribution in [2.75, 3.05) is 24.6 Å². The molecule has 7 heteroatoms. The Kier molecular flexibility index (Phi) is 5.64. The lowest BCUT2D eigenvalue weighted by molar-refractivity contribution is 0.0802. The van der Waals surface area contributed by atoms with Gasteiger partial charge in [-0.05, 0) is 31.2 Å². The molecular weight excluding hydrogens is 354 g/mol. The van der Waals surface area contributed by atoms with Gasteiger partial charge in [0, 0.05) is 30.4 Å². The lowest BCUT2D eigenvalue weighted by Crippen LogP contribution is -2.26. The summed E-state index contributed by atoms with van der Waals surface area (Å²) in [4.78, 5) is 35.1. The van der Waals surface area contributed by atoms with Gasteiger partial charge in [-0.25, -0.2) is 9.97 Å².